The predicted octanol–water partition coefficient (Wildman–Crippen LogP) is 5.27. The average molecular weight is 388 g/mol. The van der Waals surface area contributed by atoms with E-state index in [1.165, 1.54) is 6.07 Å². The number of nitrogens with one attached hydrogen (secondary N) is 1. The van der Waals surface area contributed by atoms with Gasteiger partial charge in [-0.3, -0.25) is 14.9 Å². The first-order valence-electron chi connectivity index (χ1n) is 8.52. The molecule has 2 rings (SSSR count). The van der Waals surface area contributed by atoms with Gasteiger partial charge in [0.2, 0.25) is 5.91 Å². The van der Waals surface area contributed by atoms with Crippen LogP contribution < -0.4 is 10.1 Å². The molecule has 0 heterocycles. The van der Waals surface area contributed by atoms with E-state index in [9.17, 15) is 14.9 Å². The van der Waals surface area contributed by atoms with Crippen LogP contribution in [0.4, 0.5) is 11.4 Å². The van der Waals surface area contributed by atoms with Gasteiger partial charge in [-0.25, -0.2) is 0 Å². The summed E-state index contributed by atoms with van der Waals surface area (Å²) in [7, 11) is 1.62. The van der Waals surface area contributed by atoms with Gasteiger partial charge in [-0.15, -0.1) is 11.8 Å². The molecule has 0 aliphatic heterocycles. The Hall–Kier alpha value is -2.54. The number of carbonyl (C=O) groups is 1. The van der Waals surface area contributed by atoms with E-state index < -0.39 is 4.92 Å². The summed E-state index contributed by atoms with van der Waals surface area (Å²) >= 11 is 1.55. The van der Waals surface area contributed by atoms with Gasteiger partial charge in [-0.05, 0) is 35.2 Å². The summed E-state index contributed by atoms with van der Waals surface area (Å²) in [5, 5.41) is 14.0. The normalized spacial score (nSPS) is 11.1. The Kier molecular flexibility index (Phi) is 6.85. The van der Waals surface area contributed by atoms with Gasteiger partial charge in [-0.2, -0.15) is 0 Å². The maximum atomic E-state index is 12.2. The van der Waals surface area contributed by atoms with Gasteiger partial charge in [0.1, 0.15) is 11.4 Å². The lowest BCUT2D eigenvalue weighted by atomic mass is 9.92. The molecule has 0 bridgehead atoms. The molecule has 0 saturated heterocycles. The molecular formula is C20H24N2O4S. The third kappa shape index (κ3) is 6.60. The van der Waals surface area contributed by atoms with E-state index in [1.807, 2.05) is 45.0 Å². The van der Waals surface area contributed by atoms with Crippen molar-refractivity contribution in [2.75, 3.05) is 12.4 Å². The number of thioether (sulfide) groups is 1. The lowest BCUT2D eigenvalue weighted by Gasteiger charge is -2.17. The maximum absolute atomic E-state index is 12.2. The summed E-state index contributed by atoms with van der Waals surface area (Å²) < 4.78 is 5.14. The molecular weight excluding hydrogens is 364 g/mol. The first-order valence-corrected chi connectivity index (χ1v) is 9.50. The number of hydrogen-bond donors (Lipinski definition) is 1. The van der Waals surface area contributed by atoms with E-state index in [2.05, 4.69) is 5.32 Å². The van der Waals surface area contributed by atoms with Crippen molar-refractivity contribution in [2.45, 2.75) is 37.8 Å². The monoisotopic (exact) mass is 388 g/mol. The smallest absolute Gasteiger partial charge is 0.292 e. The molecule has 2 aromatic carbocycles. The molecule has 0 unspecified atom stereocenters. The predicted molar refractivity (Wildman–Crippen MR) is 108 cm³/mol. The second-order valence-electron chi connectivity index (χ2n) is 7.36. The molecule has 0 radical (unpaired) electrons. The molecule has 0 spiro atoms. The minimum atomic E-state index is -0.482. The lowest BCUT2D eigenvalue weighted by molar-refractivity contribution is -0.384. The van der Waals surface area contributed by atoms with Gasteiger partial charge in [0.25, 0.3) is 5.69 Å². The van der Waals surface area contributed by atoms with Crippen LogP contribution in [0.3, 0.4) is 0 Å². The number of nitro groups is 1. The van der Waals surface area contributed by atoms with Crippen LogP contribution in [-0.4, -0.2) is 17.9 Å². The van der Waals surface area contributed by atoms with E-state index >= 15 is 0 Å². The first kappa shape index (κ1) is 20.8. The van der Waals surface area contributed by atoms with E-state index in [-0.39, 0.29) is 29.1 Å². The molecule has 0 aliphatic carbocycles. The quantitative estimate of drug-likeness (QED) is 0.397. The first-order chi connectivity index (χ1) is 12.7. The van der Waals surface area contributed by atoms with E-state index in [4.69, 9.17) is 4.74 Å². The van der Waals surface area contributed by atoms with Gasteiger partial charge in [0.05, 0.1) is 12.0 Å². The summed E-state index contributed by atoms with van der Waals surface area (Å²) in [5.41, 5.74) is 1.04. The summed E-state index contributed by atoms with van der Waals surface area (Å²) in [5.74, 6) is 1.27. The van der Waals surface area contributed by atoms with E-state index in [1.54, 1.807) is 31.0 Å². The summed E-state index contributed by atoms with van der Waals surface area (Å²) in [6, 6.07) is 12.5. The van der Waals surface area contributed by atoms with Crippen LogP contribution in [0.15, 0.2) is 47.4 Å². The number of nitrogens with zero attached hydrogens (tertiary/aromatic N) is 1. The van der Waals surface area contributed by atoms with Gasteiger partial charge >= 0.3 is 0 Å². The topological polar surface area (TPSA) is 81.5 Å². The van der Waals surface area contributed by atoms with Crippen LogP contribution in [-0.2, 0) is 10.5 Å². The molecule has 0 aliphatic rings. The van der Waals surface area contributed by atoms with Gasteiger partial charge in [-0.1, -0.05) is 32.9 Å². The Bertz CT molecular complexity index is 814. The molecule has 6 nitrogen and oxygen atoms in total. The Morgan fingerprint density at radius 1 is 1.19 bits per heavy atom. The number of ether oxygens (including phenoxy) is 1. The Morgan fingerprint density at radius 2 is 1.85 bits per heavy atom. The van der Waals surface area contributed by atoms with Crippen LogP contribution in [0, 0.1) is 15.5 Å². The van der Waals surface area contributed by atoms with Gasteiger partial charge < -0.3 is 10.1 Å². The zero-order chi connectivity index (χ0) is 20.0. The fourth-order valence-electron chi connectivity index (χ4n) is 2.43. The molecule has 7 heteroatoms. The molecule has 0 saturated carbocycles. The Balaban J connectivity index is 2.13. The molecule has 144 valence electrons. The van der Waals surface area contributed by atoms with Gasteiger partial charge in [0, 0.05) is 23.1 Å². The second-order valence-corrected chi connectivity index (χ2v) is 8.41. The zero-order valence-electron chi connectivity index (χ0n) is 15.9. The molecule has 2 aromatic rings. The highest BCUT2D eigenvalue weighted by Crippen LogP contribution is 2.32. The number of hydrogen-bond acceptors (Lipinski definition) is 5. The largest absolute Gasteiger partial charge is 0.497 e. The Labute approximate surface area is 163 Å². The summed E-state index contributed by atoms with van der Waals surface area (Å²) in [6.07, 6.45) is 0.285. The number of amides is 1. The lowest BCUT2D eigenvalue weighted by Crippen LogP contribution is -2.20. The van der Waals surface area contributed by atoms with Crippen LogP contribution in [0.1, 0.15) is 32.8 Å². The highest BCUT2D eigenvalue weighted by atomic mass is 32.2. The third-order valence-electron chi connectivity index (χ3n) is 3.69. The van der Waals surface area contributed by atoms with Crippen LogP contribution in [0.2, 0.25) is 0 Å². The summed E-state index contributed by atoms with van der Waals surface area (Å²) in [4.78, 5) is 23.8. The molecule has 27 heavy (non-hydrogen) atoms. The van der Waals surface area contributed by atoms with E-state index in [0.29, 0.717) is 5.75 Å². The fraction of sp³-hybridized carbons (Fsp3) is 0.350. The standard InChI is InChI=1S/C20H24N2O4S/c1-20(2,3)12-19(23)21-17-11-16(9-10-18(17)22(24)25)27-13-14-5-7-15(26-4)8-6-14/h5-11H,12-13H2,1-4H3,(H,21,23). The fourth-order valence-corrected chi connectivity index (χ4v) is 3.32. The van der Waals surface area contributed by atoms with Gasteiger partial charge in [0.15, 0.2) is 0 Å². The van der Waals surface area contributed by atoms with Crippen molar-refractivity contribution < 1.29 is 14.5 Å². The minimum Gasteiger partial charge on any atom is -0.497 e. The molecule has 0 aromatic heterocycles. The molecule has 1 N–H and O–H groups in total. The molecule has 0 fully saturated rings. The molecule has 0 atom stereocenters. The number of anilines is 1. The van der Waals surface area contributed by atoms with Crippen molar-refractivity contribution in [2.24, 2.45) is 5.41 Å². The third-order valence-corrected chi connectivity index (χ3v) is 4.76. The van der Waals surface area contributed by atoms with Crippen molar-refractivity contribution in [1.29, 1.82) is 0 Å². The van der Waals surface area contributed by atoms with E-state index in [0.717, 1.165) is 16.2 Å². The highest BCUT2D eigenvalue weighted by molar-refractivity contribution is 7.98. The van der Waals surface area contributed by atoms with Crippen molar-refractivity contribution >= 4 is 29.0 Å². The summed E-state index contributed by atoms with van der Waals surface area (Å²) in [6.45, 7) is 5.84. The number of rotatable bonds is 7. The second kappa shape index (κ2) is 8.90. The zero-order valence-corrected chi connectivity index (χ0v) is 16.8. The van der Waals surface area contributed by atoms with Crippen molar-refractivity contribution in [3.05, 3.63) is 58.1 Å². The number of benzene rings is 2. The number of methoxy groups -OCH3 is 1. The molecule has 1 amide bonds. The van der Waals surface area contributed by atoms with Crippen molar-refractivity contribution in [1.82, 2.24) is 0 Å². The van der Waals surface area contributed by atoms with Crippen LogP contribution in [0.25, 0.3) is 0 Å². The number of carbonyl (C=O) groups excluding carboxylic acids is 1. The highest BCUT2D eigenvalue weighted by Gasteiger charge is 2.20. The Morgan fingerprint density at radius 3 is 2.41 bits per heavy atom. The van der Waals surface area contributed by atoms with Crippen molar-refractivity contribution in [3.63, 3.8) is 0 Å². The maximum Gasteiger partial charge on any atom is 0.292 e. The van der Waals surface area contributed by atoms with Crippen molar-refractivity contribution in [3.8, 4) is 5.75 Å². The SMILES string of the molecule is COc1ccc(CSc2ccc([N+](=O)[O-])c(NC(=O)CC(C)(C)C)c2)cc1. The van der Waals surface area contributed by atoms with Crippen LogP contribution in [0.5, 0.6) is 5.75 Å². The minimum absolute atomic E-state index is 0.106. The average Bonchev–Trinajstić information content (AvgIpc) is 2.58. The van der Waals surface area contributed by atoms with Crippen LogP contribution >= 0.6 is 11.8 Å². The number of nitro benzene ring substituents is 1.